The number of halogens is 1. The van der Waals surface area contributed by atoms with E-state index in [-0.39, 0.29) is 0 Å². The maximum atomic E-state index is 5.88. The summed E-state index contributed by atoms with van der Waals surface area (Å²) in [7, 11) is 0. The first-order valence-electron chi connectivity index (χ1n) is 7.17. The van der Waals surface area contributed by atoms with E-state index >= 15 is 0 Å². The van der Waals surface area contributed by atoms with Crippen LogP contribution in [0.2, 0.25) is 0 Å². The van der Waals surface area contributed by atoms with Crippen molar-refractivity contribution in [2.75, 3.05) is 6.54 Å². The summed E-state index contributed by atoms with van der Waals surface area (Å²) in [6.45, 7) is 6.66. The van der Waals surface area contributed by atoms with Crippen LogP contribution in [0, 0.1) is 5.92 Å². The Balaban J connectivity index is 1.98. The van der Waals surface area contributed by atoms with Crippen LogP contribution in [0.5, 0.6) is 5.88 Å². The van der Waals surface area contributed by atoms with Gasteiger partial charge >= 0.3 is 0 Å². The number of hydrogen-bond acceptors (Lipinski definition) is 3. The molecule has 0 atom stereocenters. The van der Waals surface area contributed by atoms with Gasteiger partial charge in [-0.05, 0) is 24.6 Å². The van der Waals surface area contributed by atoms with Gasteiger partial charge in [-0.3, -0.25) is 0 Å². The van der Waals surface area contributed by atoms with Gasteiger partial charge in [0.2, 0.25) is 5.88 Å². The Morgan fingerprint density at radius 1 is 1.14 bits per heavy atom. The molecule has 1 N–H and O–H groups in total. The van der Waals surface area contributed by atoms with Crippen LogP contribution in [-0.4, -0.2) is 11.5 Å². The number of nitrogens with zero attached hydrogens (tertiary/aromatic N) is 1. The molecule has 1 heterocycles. The zero-order chi connectivity index (χ0) is 15.1. The van der Waals surface area contributed by atoms with Crippen LogP contribution in [0.1, 0.15) is 25.0 Å². The first-order chi connectivity index (χ1) is 10.2. The van der Waals surface area contributed by atoms with Crippen molar-refractivity contribution in [2.45, 2.75) is 27.0 Å². The zero-order valence-corrected chi connectivity index (χ0v) is 14.1. The highest BCUT2D eigenvalue weighted by Crippen LogP contribution is 2.20. The van der Waals surface area contributed by atoms with Crippen molar-refractivity contribution in [1.29, 1.82) is 0 Å². The van der Waals surface area contributed by atoms with Crippen molar-refractivity contribution in [3.05, 3.63) is 58.2 Å². The Bertz CT molecular complexity index is 572. The van der Waals surface area contributed by atoms with E-state index in [9.17, 15) is 0 Å². The molecule has 1 aromatic heterocycles. The molecule has 0 radical (unpaired) electrons. The topological polar surface area (TPSA) is 34.2 Å². The molecule has 4 heteroatoms. The molecule has 2 aromatic rings. The molecule has 0 fully saturated rings. The molecule has 0 saturated carbocycles. The van der Waals surface area contributed by atoms with Gasteiger partial charge in [-0.2, -0.15) is 0 Å². The molecule has 0 bridgehead atoms. The van der Waals surface area contributed by atoms with Crippen molar-refractivity contribution in [3.8, 4) is 5.88 Å². The van der Waals surface area contributed by atoms with E-state index < -0.39 is 0 Å². The average Bonchev–Trinajstić information content (AvgIpc) is 2.47. The number of nitrogens with one attached hydrogen (secondary N) is 1. The summed E-state index contributed by atoms with van der Waals surface area (Å²) in [5.74, 6) is 1.33. The molecule has 21 heavy (non-hydrogen) atoms. The van der Waals surface area contributed by atoms with Crippen LogP contribution < -0.4 is 10.1 Å². The lowest BCUT2D eigenvalue weighted by molar-refractivity contribution is 0.288. The molecule has 0 aliphatic carbocycles. The summed E-state index contributed by atoms with van der Waals surface area (Å²) in [6.07, 6.45) is 1.77. The van der Waals surface area contributed by atoms with Crippen molar-refractivity contribution < 1.29 is 4.74 Å². The van der Waals surface area contributed by atoms with Crippen LogP contribution >= 0.6 is 15.9 Å². The Labute approximate surface area is 134 Å². The average molecular weight is 349 g/mol. The summed E-state index contributed by atoms with van der Waals surface area (Å²) in [5.41, 5.74) is 2.20. The first kappa shape index (κ1) is 16.0. The Morgan fingerprint density at radius 3 is 2.67 bits per heavy atom. The van der Waals surface area contributed by atoms with Gasteiger partial charge in [-0.1, -0.05) is 54.0 Å². The van der Waals surface area contributed by atoms with Crippen LogP contribution in [0.3, 0.4) is 0 Å². The monoisotopic (exact) mass is 348 g/mol. The second-order valence-corrected chi connectivity index (χ2v) is 6.23. The second kappa shape index (κ2) is 8.15. The van der Waals surface area contributed by atoms with Gasteiger partial charge < -0.3 is 10.1 Å². The van der Waals surface area contributed by atoms with Gasteiger partial charge in [0.1, 0.15) is 6.61 Å². The highest BCUT2D eigenvalue weighted by Gasteiger charge is 2.06. The number of aromatic nitrogens is 1. The Kier molecular flexibility index (Phi) is 6.21. The number of rotatable bonds is 7. The molecule has 0 saturated heterocycles. The van der Waals surface area contributed by atoms with E-state index in [1.165, 1.54) is 0 Å². The number of hydrogen-bond donors (Lipinski definition) is 1. The van der Waals surface area contributed by atoms with Crippen LogP contribution in [-0.2, 0) is 13.2 Å². The van der Waals surface area contributed by atoms with E-state index in [0.29, 0.717) is 18.4 Å². The highest BCUT2D eigenvalue weighted by atomic mass is 79.9. The summed E-state index contributed by atoms with van der Waals surface area (Å²) in [4.78, 5) is 4.34. The van der Waals surface area contributed by atoms with Crippen molar-refractivity contribution in [1.82, 2.24) is 10.3 Å². The third kappa shape index (κ3) is 5.14. The molecule has 2 rings (SSSR count). The third-order valence-corrected chi connectivity index (χ3v) is 3.81. The van der Waals surface area contributed by atoms with E-state index in [4.69, 9.17) is 4.74 Å². The minimum atomic E-state index is 0.510. The summed E-state index contributed by atoms with van der Waals surface area (Å²) in [5, 5.41) is 3.42. The van der Waals surface area contributed by atoms with Gasteiger partial charge in [0.15, 0.2) is 0 Å². The summed E-state index contributed by atoms with van der Waals surface area (Å²) in [6, 6.07) is 12.1. The molecule has 0 amide bonds. The first-order valence-corrected chi connectivity index (χ1v) is 7.97. The molecule has 0 aliphatic heterocycles. The lowest BCUT2D eigenvalue weighted by Gasteiger charge is -2.12. The van der Waals surface area contributed by atoms with Crippen LogP contribution in [0.25, 0.3) is 0 Å². The quantitative estimate of drug-likeness (QED) is 0.815. The van der Waals surface area contributed by atoms with Gasteiger partial charge in [0, 0.05) is 28.3 Å². The highest BCUT2D eigenvalue weighted by molar-refractivity contribution is 9.10. The molecule has 0 aliphatic rings. The molecule has 1 aromatic carbocycles. The maximum Gasteiger partial charge on any atom is 0.218 e. The molecule has 112 valence electrons. The van der Waals surface area contributed by atoms with Crippen molar-refractivity contribution in [2.24, 2.45) is 5.92 Å². The molecular formula is C17H21BrN2O. The van der Waals surface area contributed by atoms with Gasteiger partial charge in [0.05, 0.1) is 0 Å². The summed E-state index contributed by atoms with van der Waals surface area (Å²) < 4.78 is 6.94. The van der Waals surface area contributed by atoms with E-state index in [1.54, 1.807) is 6.20 Å². The minimum absolute atomic E-state index is 0.510. The minimum Gasteiger partial charge on any atom is -0.473 e. The largest absolute Gasteiger partial charge is 0.473 e. The normalized spacial score (nSPS) is 10.9. The molecule has 0 unspecified atom stereocenters. The van der Waals surface area contributed by atoms with E-state index in [2.05, 4.69) is 46.1 Å². The zero-order valence-electron chi connectivity index (χ0n) is 12.5. The molecule has 0 spiro atoms. The standard InChI is InChI=1S/C17H21BrN2O/c1-13(2)10-19-11-14-7-5-9-20-17(14)21-12-15-6-3-4-8-16(15)18/h3-9,13,19H,10-12H2,1-2H3. The number of ether oxygens (including phenoxy) is 1. The number of pyridine rings is 1. The van der Waals surface area contributed by atoms with Gasteiger partial charge in [-0.25, -0.2) is 4.98 Å². The smallest absolute Gasteiger partial charge is 0.218 e. The van der Waals surface area contributed by atoms with Crippen molar-refractivity contribution in [3.63, 3.8) is 0 Å². The van der Waals surface area contributed by atoms with E-state index in [0.717, 1.165) is 28.7 Å². The summed E-state index contributed by atoms with van der Waals surface area (Å²) >= 11 is 3.53. The second-order valence-electron chi connectivity index (χ2n) is 5.37. The van der Waals surface area contributed by atoms with Gasteiger partial charge in [-0.15, -0.1) is 0 Å². The Morgan fingerprint density at radius 2 is 1.90 bits per heavy atom. The van der Waals surface area contributed by atoms with Crippen LogP contribution in [0.15, 0.2) is 47.1 Å². The fourth-order valence-electron chi connectivity index (χ4n) is 1.95. The SMILES string of the molecule is CC(C)CNCc1cccnc1OCc1ccccc1Br. The fraction of sp³-hybridized carbons (Fsp3) is 0.353. The van der Waals surface area contributed by atoms with Crippen molar-refractivity contribution >= 4 is 15.9 Å². The number of benzene rings is 1. The maximum absolute atomic E-state index is 5.88. The Hall–Kier alpha value is -1.39. The third-order valence-electron chi connectivity index (χ3n) is 3.04. The fourth-order valence-corrected chi connectivity index (χ4v) is 2.34. The lowest BCUT2D eigenvalue weighted by atomic mass is 10.2. The van der Waals surface area contributed by atoms with E-state index in [1.807, 2.05) is 30.3 Å². The lowest BCUT2D eigenvalue weighted by Crippen LogP contribution is -2.19. The molecule has 3 nitrogen and oxygen atoms in total. The predicted molar refractivity (Wildman–Crippen MR) is 89.3 cm³/mol. The molecular weight excluding hydrogens is 328 g/mol. The van der Waals surface area contributed by atoms with Crippen LogP contribution in [0.4, 0.5) is 0 Å². The predicted octanol–water partition coefficient (Wildman–Crippen LogP) is 4.17. The van der Waals surface area contributed by atoms with Gasteiger partial charge in [0.25, 0.3) is 0 Å².